The number of nitrogens with one attached hydrogen (secondary N) is 1. The van der Waals surface area contributed by atoms with Gasteiger partial charge in [-0.05, 0) is 24.8 Å². The third-order valence-electron chi connectivity index (χ3n) is 3.86. The molecule has 106 valence electrons. The Morgan fingerprint density at radius 1 is 1.45 bits per heavy atom. The highest BCUT2D eigenvalue weighted by Crippen LogP contribution is 2.44. The van der Waals surface area contributed by atoms with Crippen molar-refractivity contribution in [2.24, 2.45) is 5.92 Å². The molecule has 2 aliphatic rings. The Morgan fingerprint density at radius 3 is 2.75 bits per heavy atom. The van der Waals surface area contributed by atoms with E-state index >= 15 is 0 Å². The Balaban J connectivity index is 1.59. The number of carbonyl (C=O) groups excluding carboxylic acids is 1. The molecule has 7 nitrogen and oxygen atoms in total. The predicted octanol–water partition coefficient (Wildman–Crippen LogP) is 1.58. The van der Waals surface area contributed by atoms with Crippen LogP contribution in [0.1, 0.15) is 12.8 Å². The van der Waals surface area contributed by atoms with Crippen LogP contribution in [0.3, 0.4) is 0 Å². The number of nitrogens with zero attached hydrogens (tertiary/aromatic N) is 2. The molecule has 2 fully saturated rings. The van der Waals surface area contributed by atoms with Gasteiger partial charge in [0.25, 0.3) is 5.69 Å². The summed E-state index contributed by atoms with van der Waals surface area (Å²) in [7, 11) is 0. The maximum Gasteiger partial charge on any atom is 0.322 e. The van der Waals surface area contributed by atoms with Crippen molar-refractivity contribution < 1.29 is 14.8 Å². The van der Waals surface area contributed by atoms with Gasteiger partial charge in [-0.2, -0.15) is 0 Å². The number of rotatable bonds is 3. The van der Waals surface area contributed by atoms with Crippen molar-refractivity contribution >= 4 is 17.4 Å². The van der Waals surface area contributed by atoms with E-state index in [1.165, 1.54) is 23.1 Å². The van der Waals surface area contributed by atoms with Crippen molar-refractivity contribution in [3.05, 3.63) is 34.4 Å². The summed E-state index contributed by atoms with van der Waals surface area (Å²) in [4.78, 5) is 23.6. The molecule has 1 aromatic carbocycles. The molecule has 1 aliphatic heterocycles. The van der Waals surface area contributed by atoms with Gasteiger partial charge in [0.15, 0.2) is 0 Å². The van der Waals surface area contributed by atoms with Gasteiger partial charge in [0.1, 0.15) is 5.60 Å². The van der Waals surface area contributed by atoms with E-state index in [0.29, 0.717) is 24.7 Å². The van der Waals surface area contributed by atoms with E-state index in [-0.39, 0.29) is 11.7 Å². The van der Waals surface area contributed by atoms with Crippen LogP contribution in [-0.4, -0.2) is 39.7 Å². The van der Waals surface area contributed by atoms with E-state index in [1.807, 2.05) is 0 Å². The van der Waals surface area contributed by atoms with E-state index in [0.717, 1.165) is 12.8 Å². The average Bonchev–Trinajstić information content (AvgIpc) is 3.19. The maximum atomic E-state index is 11.9. The lowest BCUT2D eigenvalue weighted by atomic mass is 9.89. The van der Waals surface area contributed by atoms with Crippen LogP contribution < -0.4 is 5.32 Å². The number of anilines is 1. The normalized spacial score (nSPS) is 20.1. The summed E-state index contributed by atoms with van der Waals surface area (Å²) < 4.78 is 0. The minimum atomic E-state index is -0.722. The number of likely N-dealkylation sites (tertiary alicyclic amines) is 1. The topological polar surface area (TPSA) is 95.7 Å². The minimum absolute atomic E-state index is 0.0686. The molecule has 3 rings (SSSR count). The number of hydrogen-bond acceptors (Lipinski definition) is 4. The molecule has 20 heavy (non-hydrogen) atoms. The SMILES string of the molecule is O=C(Nc1cccc([N+](=O)[O-])c1)N1CC(O)(C2CC2)C1. The summed E-state index contributed by atoms with van der Waals surface area (Å²) in [5.41, 5.74) is -0.410. The molecule has 0 atom stereocenters. The van der Waals surface area contributed by atoms with Gasteiger partial charge in [0.05, 0.1) is 18.0 Å². The molecule has 2 N–H and O–H groups in total. The van der Waals surface area contributed by atoms with Gasteiger partial charge >= 0.3 is 6.03 Å². The third kappa shape index (κ3) is 2.32. The zero-order valence-corrected chi connectivity index (χ0v) is 10.8. The lowest BCUT2D eigenvalue weighted by Gasteiger charge is -2.46. The van der Waals surface area contributed by atoms with Crippen LogP contribution in [-0.2, 0) is 0 Å². The second-order valence-electron chi connectivity index (χ2n) is 5.47. The van der Waals surface area contributed by atoms with Crippen molar-refractivity contribution in [2.45, 2.75) is 18.4 Å². The van der Waals surface area contributed by atoms with E-state index in [2.05, 4.69) is 5.32 Å². The summed E-state index contributed by atoms with van der Waals surface area (Å²) in [6, 6.07) is 5.45. The number of benzene rings is 1. The molecule has 1 aliphatic carbocycles. The molecule has 1 saturated heterocycles. The Morgan fingerprint density at radius 2 is 2.15 bits per heavy atom. The van der Waals surface area contributed by atoms with E-state index in [1.54, 1.807) is 6.07 Å². The van der Waals surface area contributed by atoms with Gasteiger partial charge in [0, 0.05) is 17.8 Å². The number of carbonyl (C=O) groups is 1. The lowest BCUT2D eigenvalue weighted by molar-refractivity contribution is -0.384. The summed E-state index contributed by atoms with van der Waals surface area (Å²) in [6.07, 6.45) is 2.05. The number of hydrogen-bond donors (Lipinski definition) is 2. The number of amides is 2. The van der Waals surface area contributed by atoms with E-state index in [4.69, 9.17) is 0 Å². The summed E-state index contributed by atoms with van der Waals surface area (Å²) in [6.45, 7) is 0.664. The molecule has 0 bridgehead atoms. The van der Waals surface area contributed by atoms with Crippen LogP contribution in [0, 0.1) is 16.0 Å². The molecule has 2 amide bonds. The minimum Gasteiger partial charge on any atom is -0.386 e. The maximum absolute atomic E-state index is 11.9. The van der Waals surface area contributed by atoms with Gasteiger partial charge in [-0.25, -0.2) is 4.79 Å². The quantitative estimate of drug-likeness (QED) is 0.647. The largest absolute Gasteiger partial charge is 0.386 e. The monoisotopic (exact) mass is 277 g/mol. The first-order valence-electron chi connectivity index (χ1n) is 6.51. The Kier molecular flexibility index (Phi) is 2.86. The Bertz CT molecular complexity index is 564. The molecule has 0 aromatic heterocycles. The molecule has 1 heterocycles. The predicted molar refractivity (Wildman–Crippen MR) is 71.4 cm³/mol. The first kappa shape index (κ1) is 12.9. The van der Waals surface area contributed by atoms with Crippen molar-refractivity contribution in [1.82, 2.24) is 4.90 Å². The van der Waals surface area contributed by atoms with E-state index in [9.17, 15) is 20.0 Å². The van der Waals surface area contributed by atoms with Crippen LogP contribution in [0.25, 0.3) is 0 Å². The van der Waals surface area contributed by atoms with Crippen molar-refractivity contribution in [2.75, 3.05) is 18.4 Å². The molecule has 0 radical (unpaired) electrons. The highest BCUT2D eigenvalue weighted by Gasteiger charge is 2.53. The molecule has 1 saturated carbocycles. The average molecular weight is 277 g/mol. The first-order valence-corrected chi connectivity index (χ1v) is 6.51. The smallest absolute Gasteiger partial charge is 0.322 e. The number of urea groups is 1. The summed E-state index contributed by atoms with van der Waals surface area (Å²) in [5, 5.41) is 23.4. The molecular formula is C13H15N3O4. The lowest BCUT2D eigenvalue weighted by Crippen LogP contribution is -2.65. The summed E-state index contributed by atoms with van der Waals surface area (Å²) in [5.74, 6) is 0.323. The van der Waals surface area contributed by atoms with Crippen molar-refractivity contribution in [3.8, 4) is 0 Å². The first-order chi connectivity index (χ1) is 9.48. The highest BCUT2D eigenvalue weighted by atomic mass is 16.6. The molecule has 0 spiro atoms. The van der Waals surface area contributed by atoms with Crippen molar-refractivity contribution in [1.29, 1.82) is 0 Å². The van der Waals surface area contributed by atoms with Crippen LogP contribution in [0.15, 0.2) is 24.3 Å². The molecular weight excluding hydrogens is 262 g/mol. The van der Waals surface area contributed by atoms with Gasteiger partial charge in [-0.3, -0.25) is 10.1 Å². The molecule has 7 heteroatoms. The Hall–Kier alpha value is -2.15. The number of aliphatic hydroxyl groups is 1. The van der Waals surface area contributed by atoms with Gasteiger partial charge < -0.3 is 15.3 Å². The standard InChI is InChI=1S/C13H15N3O4/c17-12(15-7-13(18,8-15)9-4-5-9)14-10-2-1-3-11(6-10)16(19)20/h1-3,6,9,18H,4-5,7-8H2,(H,14,17). The van der Waals surface area contributed by atoms with Gasteiger partial charge in [-0.1, -0.05) is 6.07 Å². The zero-order chi connectivity index (χ0) is 14.3. The second kappa shape index (κ2) is 4.45. The highest BCUT2D eigenvalue weighted by molar-refractivity contribution is 5.90. The summed E-state index contributed by atoms with van der Waals surface area (Å²) >= 11 is 0. The van der Waals surface area contributed by atoms with Gasteiger partial charge in [0.2, 0.25) is 0 Å². The number of nitro benzene ring substituents is 1. The number of non-ortho nitro benzene ring substituents is 1. The zero-order valence-electron chi connectivity index (χ0n) is 10.8. The third-order valence-corrected chi connectivity index (χ3v) is 3.86. The number of nitro groups is 1. The fourth-order valence-corrected chi connectivity index (χ4v) is 2.54. The van der Waals surface area contributed by atoms with Crippen LogP contribution in [0.5, 0.6) is 0 Å². The number of β-amino-alcohol motifs (C(OH)–C–C–N with tert-alkyl or cyclic N) is 1. The van der Waals surface area contributed by atoms with Crippen LogP contribution in [0.2, 0.25) is 0 Å². The molecule has 0 unspecified atom stereocenters. The molecule has 1 aromatic rings. The van der Waals surface area contributed by atoms with Crippen LogP contribution in [0.4, 0.5) is 16.2 Å². The van der Waals surface area contributed by atoms with E-state index < -0.39 is 10.5 Å². The Labute approximate surface area is 115 Å². The van der Waals surface area contributed by atoms with Crippen molar-refractivity contribution in [3.63, 3.8) is 0 Å². The second-order valence-corrected chi connectivity index (χ2v) is 5.47. The van der Waals surface area contributed by atoms with Gasteiger partial charge in [-0.15, -0.1) is 0 Å². The fraction of sp³-hybridized carbons (Fsp3) is 0.462. The van der Waals surface area contributed by atoms with Crippen LogP contribution >= 0.6 is 0 Å². The fourth-order valence-electron chi connectivity index (χ4n) is 2.54.